The highest BCUT2D eigenvalue weighted by molar-refractivity contribution is 7.92. The maximum atomic E-state index is 12.6. The van der Waals surface area contributed by atoms with E-state index in [0.29, 0.717) is 18.0 Å². The van der Waals surface area contributed by atoms with Gasteiger partial charge in [0.15, 0.2) is 0 Å². The maximum Gasteiger partial charge on any atom is 0.241 e. The van der Waals surface area contributed by atoms with Gasteiger partial charge in [-0.25, -0.2) is 8.42 Å². The third-order valence-corrected chi connectivity index (χ3v) is 6.38. The number of anilines is 1. The molecule has 3 rings (SSSR count). The van der Waals surface area contributed by atoms with Crippen LogP contribution in [0.2, 0.25) is 0 Å². The number of carbonyl (C=O) groups is 1. The number of rotatable bonds is 9. The molecule has 0 unspecified atom stereocenters. The van der Waals surface area contributed by atoms with Gasteiger partial charge in [-0.2, -0.15) is 0 Å². The summed E-state index contributed by atoms with van der Waals surface area (Å²) in [6.45, 7) is 3.16. The van der Waals surface area contributed by atoms with Crippen LogP contribution in [0.3, 0.4) is 0 Å². The van der Waals surface area contributed by atoms with E-state index in [0.717, 1.165) is 35.8 Å². The molecular formula is C22H29N3O4S. The van der Waals surface area contributed by atoms with Crippen LogP contribution < -0.4 is 14.4 Å². The number of nitrogens with zero attached hydrogens (tertiary/aromatic N) is 2. The van der Waals surface area contributed by atoms with Gasteiger partial charge in [0, 0.05) is 13.1 Å². The molecule has 1 aliphatic rings. The second-order valence-corrected chi connectivity index (χ2v) is 9.40. The summed E-state index contributed by atoms with van der Waals surface area (Å²) in [5, 5.41) is 2.87. The average Bonchev–Trinajstić information content (AvgIpc) is 3.24. The van der Waals surface area contributed by atoms with Crippen LogP contribution in [0.1, 0.15) is 24.0 Å². The zero-order chi connectivity index (χ0) is 21.6. The van der Waals surface area contributed by atoms with Crippen molar-refractivity contribution in [3.63, 3.8) is 0 Å². The summed E-state index contributed by atoms with van der Waals surface area (Å²) in [5.74, 6) is 0.262. The Balaban J connectivity index is 1.65. The molecule has 0 radical (unpaired) electrons. The molecule has 0 bridgehead atoms. The molecule has 1 heterocycles. The fourth-order valence-electron chi connectivity index (χ4n) is 3.59. The summed E-state index contributed by atoms with van der Waals surface area (Å²) in [4.78, 5) is 15.0. The first kappa shape index (κ1) is 22.1. The van der Waals surface area contributed by atoms with Crippen LogP contribution in [0.15, 0.2) is 48.5 Å². The van der Waals surface area contributed by atoms with Crippen LogP contribution in [0, 0.1) is 0 Å². The van der Waals surface area contributed by atoms with E-state index in [1.807, 2.05) is 18.2 Å². The minimum atomic E-state index is -3.61. The van der Waals surface area contributed by atoms with Crippen molar-refractivity contribution >= 4 is 21.6 Å². The summed E-state index contributed by atoms with van der Waals surface area (Å²) in [5.41, 5.74) is 2.66. The molecule has 7 nitrogen and oxygen atoms in total. The molecule has 1 saturated heterocycles. The predicted octanol–water partition coefficient (Wildman–Crippen LogP) is 2.37. The first-order chi connectivity index (χ1) is 14.4. The van der Waals surface area contributed by atoms with E-state index < -0.39 is 10.0 Å². The topological polar surface area (TPSA) is 79.0 Å². The Morgan fingerprint density at radius 2 is 1.70 bits per heavy atom. The number of carbonyl (C=O) groups excluding carboxylic acids is 1. The van der Waals surface area contributed by atoms with Crippen LogP contribution in [0.25, 0.3) is 0 Å². The maximum absolute atomic E-state index is 12.6. The van der Waals surface area contributed by atoms with Crippen LogP contribution in [0.5, 0.6) is 5.75 Å². The van der Waals surface area contributed by atoms with Crippen molar-refractivity contribution in [2.75, 3.05) is 37.3 Å². The van der Waals surface area contributed by atoms with E-state index in [1.165, 1.54) is 18.4 Å². The Hall–Kier alpha value is -2.58. The summed E-state index contributed by atoms with van der Waals surface area (Å²) >= 11 is 0. The third-order valence-electron chi connectivity index (χ3n) is 5.23. The van der Waals surface area contributed by atoms with E-state index in [9.17, 15) is 13.2 Å². The van der Waals surface area contributed by atoms with Crippen LogP contribution >= 0.6 is 0 Å². The summed E-state index contributed by atoms with van der Waals surface area (Å²) in [7, 11) is -2.07. The molecule has 1 aliphatic heterocycles. The summed E-state index contributed by atoms with van der Waals surface area (Å²) in [6, 6.07) is 14.6. The first-order valence-corrected chi connectivity index (χ1v) is 11.9. The Kier molecular flexibility index (Phi) is 7.33. The molecular weight excluding hydrogens is 402 g/mol. The second-order valence-electron chi connectivity index (χ2n) is 7.50. The Bertz CT molecular complexity index is 955. The van der Waals surface area contributed by atoms with Crippen molar-refractivity contribution in [3.05, 3.63) is 59.7 Å². The van der Waals surface area contributed by atoms with Crippen molar-refractivity contribution in [2.45, 2.75) is 25.9 Å². The number of benzene rings is 2. The molecule has 1 amide bonds. The highest BCUT2D eigenvalue weighted by Gasteiger charge is 2.21. The second kappa shape index (κ2) is 9.95. The monoisotopic (exact) mass is 431 g/mol. The SMILES string of the molecule is COc1ccc(N(CC(=O)NCc2ccccc2CN2CCCC2)S(C)(=O)=O)cc1. The lowest BCUT2D eigenvalue weighted by Gasteiger charge is -2.22. The van der Waals surface area contributed by atoms with Gasteiger partial charge in [0.25, 0.3) is 0 Å². The Morgan fingerprint density at radius 3 is 2.30 bits per heavy atom. The molecule has 0 atom stereocenters. The normalized spacial score (nSPS) is 14.5. The fraction of sp³-hybridized carbons (Fsp3) is 0.409. The highest BCUT2D eigenvalue weighted by Crippen LogP contribution is 2.21. The van der Waals surface area contributed by atoms with Gasteiger partial charge in [0.05, 0.1) is 19.1 Å². The molecule has 0 spiro atoms. The van der Waals surface area contributed by atoms with Crippen LogP contribution in [-0.4, -0.2) is 52.2 Å². The van der Waals surface area contributed by atoms with Gasteiger partial charge in [0.2, 0.25) is 15.9 Å². The van der Waals surface area contributed by atoms with Crippen LogP contribution in [-0.2, 0) is 27.9 Å². The lowest BCUT2D eigenvalue weighted by Crippen LogP contribution is -2.40. The molecule has 8 heteroatoms. The lowest BCUT2D eigenvalue weighted by molar-refractivity contribution is -0.119. The average molecular weight is 432 g/mol. The number of hydrogen-bond acceptors (Lipinski definition) is 5. The van der Waals surface area contributed by atoms with Gasteiger partial charge in [-0.1, -0.05) is 24.3 Å². The molecule has 2 aromatic carbocycles. The molecule has 30 heavy (non-hydrogen) atoms. The summed E-state index contributed by atoms with van der Waals surface area (Å²) in [6.07, 6.45) is 3.55. The van der Waals surface area contributed by atoms with Gasteiger partial charge in [-0.3, -0.25) is 14.0 Å². The van der Waals surface area contributed by atoms with Crippen LogP contribution in [0.4, 0.5) is 5.69 Å². The van der Waals surface area contributed by atoms with Crippen molar-refractivity contribution in [1.82, 2.24) is 10.2 Å². The molecule has 0 saturated carbocycles. The number of nitrogens with one attached hydrogen (secondary N) is 1. The molecule has 1 N–H and O–H groups in total. The predicted molar refractivity (Wildman–Crippen MR) is 118 cm³/mol. The van der Waals surface area contributed by atoms with Crippen molar-refractivity contribution in [3.8, 4) is 5.75 Å². The van der Waals surface area contributed by atoms with Crippen molar-refractivity contribution < 1.29 is 17.9 Å². The first-order valence-electron chi connectivity index (χ1n) is 10.0. The van der Waals surface area contributed by atoms with E-state index in [1.54, 1.807) is 31.4 Å². The van der Waals surface area contributed by atoms with Gasteiger partial charge in [-0.15, -0.1) is 0 Å². The zero-order valence-electron chi connectivity index (χ0n) is 17.5. The van der Waals surface area contributed by atoms with Gasteiger partial charge in [0.1, 0.15) is 12.3 Å². The van der Waals surface area contributed by atoms with Gasteiger partial charge >= 0.3 is 0 Å². The smallest absolute Gasteiger partial charge is 0.241 e. The highest BCUT2D eigenvalue weighted by atomic mass is 32.2. The van der Waals surface area contributed by atoms with E-state index in [-0.39, 0.29) is 12.5 Å². The molecule has 1 fully saturated rings. The standard InChI is InChI=1S/C22H29N3O4S/c1-29-21-11-9-20(10-12-21)25(30(2,27)28)17-22(26)23-15-18-7-3-4-8-19(18)16-24-13-5-6-14-24/h3-4,7-12H,5-6,13-17H2,1-2H3,(H,23,26). The molecule has 2 aromatic rings. The minimum absolute atomic E-state index is 0.278. The largest absolute Gasteiger partial charge is 0.497 e. The Labute approximate surface area is 178 Å². The van der Waals surface area contributed by atoms with Crippen molar-refractivity contribution in [2.24, 2.45) is 0 Å². The molecule has 0 aliphatic carbocycles. The Morgan fingerprint density at radius 1 is 1.07 bits per heavy atom. The summed E-state index contributed by atoms with van der Waals surface area (Å²) < 4.78 is 30.7. The molecule has 0 aromatic heterocycles. The lowest BCUT2D eigenvalue weighted by atomic mass is 10.1. The minimum Gasteiger partial charge on any atom is -0.497 e. The zero-order valence-corrected chi connectivity index (χ0v) is 18.3. The van der Waals surface area contributed by atoms with Gasteiger partial charge in [-0.05, 0) is 61.3 Å². The number of amides is 1. The fourth-order valence-corrected chi connectivity index (χ4v) is 4.45. The molecule has 162 valence electrons. The van der Waals surface area contributed by atoms with E-state index >= 15 is 0 Å². The third kappa shape index (κ3) is 5.96. The number of sulfonamides is 1. The van der Waals surface area contributed by atoms with E-state index in [4.69, 9.17) is 4.74 Å². The number of likely N-dealkylation sites (tertiary alicyclic amines) is 1. The number of hydrogen-bond donors (Lipinski definition) is 1. The number of methoxy groups -OCH3 is 1. The quantitative estimate of drug-likeness (QED) is 0.660. The van der Waals surface area contributed by atoms with Gasteiger partial charge < -0.3 is 10.1 Å². The van der Waals surface area contributed by atoms with Crippen molar-refractivity contribution in [1.29, 1.82) is 0 Å². The van der Waals surface area contributed by atoms with E-state index in [2.05, 4.69) is 16.3 Å². The number of ether oxygens (including phenoxy) is 1.